The van der Waals surface area contributed by atoms with Crippen molar-refractivity contribution in [1.82, 2.24) is 4.90 Å². The van der Waals surface area contributed by atoms with Gasteiger partial charge in [0.2, 0.25) is 0 Å². The molecule has 0 aliphatic carbocycles. The van der Waals surface area contributed by atoms with Crippen LogP contribution >= 0.6 is 0 Å². The number of nitrogens with zero attached hydrogens (tertiary/aromatic N) is 1. The van der Waals surface area contributed by atoms with Gasteiger partial charge in [0.25, 0.3) is 0 Å². The van der Waals surface area contributed by atoms with Crippen LogP contribution in [0.25, 0.3) is 0 Å². The molecule has 2 unspecified atom stereocenters. The first-order valence-electron chi connectivity index (χ1n) is 9.66. The quantitative estimate of drug-likeness (QED) is 0.251. The molecule has 0 spiro atoms. The normalized spacial score (nSPS) is 23.1. The maximum Gasteiger partial charge on any atom is 0.330 e. The lowest BCUT2D eigenvalue weighted by Crippen LogP contribution is -2.56. The van der Waals surface area contributed by atoms with Crippen molar-refractivity contribution in [3.05, 3.63) is 12.2 Å². The monoisotopic (exact) mass is 369 g/mol. The molecule has 0 bridgehead atoms. The Bertz CT molecular complexity index is 402. The van der Waals surface area contributed by atoms with E-state index in [9.17, 15) is 4.79 Å². The van der Waals surface area contributed by atoms with Crippen LogP contribution in [0.2, 0.25) is 39.3 Å². The number of carbonyl (C=O) groups excluding carboxylic acids is 1. The molecule has 0 saturated carbocycles. The van der Waals surface area contributed by atoms with E-state index in [0.29, 0.717) is 6.61 Å². The Morgan fingerprint density at radius 2 is 1.58 bits per heavy atom. The van der Waals surface area contributed by atoms with Crippen molar-refractivity contribution in [3.63, 3.8) is 0 Å². The molecule has 1 aliphatic rings. The predicted molar refractivity (Wildman–Crippen MR) is 110 cm³/mol. The largest absolute Gasteiger partial charge is 0.463 e. The van der Waals surface area contributed by atoms with Gasteiger partial charge >= 0.3 is 5.97 Å². The summed E-state index contributed by atoms with van der Waals surface area (Å²) in [4.78, 5) is 14.2. The number of hydrogen-bond acceptors (Lipinski definition) is 3. The fourth-order valence-corrected chi connectivity index (χ4v) is 8.79. The minimum absolute atomic E-state index is 0.213. The van der Waals surface area contributed by atoms with E-state index < -0.39 is 16.1 Å². The standard InChI is InChI=1S/C19H39NO2Si2/c1-8-22-19(21)13-11-9-10-12-16-20-17(23(2,3)4)14-15-18(20)24(5,6)7/h11,13,17-18H,8-10,12,14-16H2,1-7H3/b13-11+. The van der Waals surface area contributed by atoms with Crippen LogP contribution in [0.1, 0.15) is 39.0 Å². The van der Waals surface area contributed by atoms with Crippen molar-refractivity contribution in [1.29, 1.82) is 0 Å². The fraction of sp³-hybridized carbons (Fsp3) is 0.842. The molecule has 0 N–H and O–H groups in total. The second-order valence-electron chi connectivity index (χ2n) is 9.23. The first-order chi connectivity index (χ1) is 11.1. The summed E-state index contributed by atoms with van der Waals surface area (Å²) in [6, 6.07) is 0. The zero-order valence-corrected chi connectivity index (χ0v) is 19.0. The summed E-state index contributed by atoms with van der Waals surface area (Å²) >= 11 is 0. The molecule has 0 aromatic heterocycles. The van der Waals surface area contributed by atoms with Gasteiger partial charge in [0.05, 0.1) is 22.8 Å². The van der Waals surface area contributed by atoms with Crippen molar-refractivity contribution in [2.45, 2.75) is 89.6 Å². The molecule has 0 aromatic carbocycles. The molecular formula is C19H39NO2Si2. The van der Waals surface area contributed by atoms with Crippen molar-refractivity contribution in [2.24, 2.45) is 0 Å². The molecule has 2 atom stereocenters. The third kappa shape index (κ3) is 6.84. The van der Waals surface area contributed by atoms with Gasteiger partial charge in [-0.3, -0.25) is 0 Å². The Labute approximate surface area is 151 Å². The molecule has 1 heterocycles. The highest BCUT2D eigenvalue weighted by Crippen LogP contribution is 2.35. The lowest BCUT2D eigenvalue weighted by Gasteiger charge is -2.41. The van der Waals surface area contributed by atoms with E-state index in [1.165, 1.54) is 25.8 Å². The molecule has 1 rings (SSSR count). The van der Waals surface area contributed by atoms with Gasteiger partial charge in [0.1, 0.15) is 0 Å². The predicted octanol–water partition coefficient (Wildman–Crippen LogP) is 4.86. The maximum atomic E-state index is 11.3. The van der Waals surface area contributed by atoms with Crippen LogP contribution in [-0.4, -0.2) is 51.5 Å². The summed E-state index contributed by atoms with van der Waals surface area (Å²) in [7, 11) is -2.27. The Hall–Kier alpha value is -0.396. The number of unbranched alkanes of at least 4 members (excludes halogenated alkanes) is 2. The maximum absolute atomic E-state index is 11.3. The van der Waals surface area contributed by atoms with Gasteiger partial charge in [0.15, 0.2) is 0 Å². The van der Waals surface area contributed by atoms with Crippen LogP contribution in [0.4, 0.5) is 0 Å². The Morgan fingerprint density at radius 3 is 2.04 bits per heavy atom. The zero-order valence-electron chi connectivity index (χ0n) is 17.0. The van der Waals surface area contributed by atoms with Crippen LogP contribution in [0.5, 0.6) is 0 Å². The average Bonchev–Trinajstić information content (AvgIpc) is 2.86. The number of ether oxygens (including phenoxy) is 1. The summed E-state index contributed by atoms with van der Waals surface area (Å²) in [5.41, 5.74) is 1.70. The van der Waals surface area contributed by atoms with E-state index in [1.54, 1.807) is 6.08 Å². The third-order valence-electron chi connectivity index (χ3n) is 5.09. The van der Waals surface area contributed by atoms with Crippen molar-refractivity contribution < 1.29 is 9.53 Å². The van der Waals surface area contributed by atoms with Crippen LogP contribution in [-0.2, 0) is 9.53 Å². The van der Waals surface area contributed by atoms with E-state index >= 15 is 0 Å². The lowest BCUT2D eigenvalue weighted by molar-refractivity contribution is -0.137. The number of hydrogen-bond donors (Lipinski definition) is 0. The number of allylic oxidation sites excluding steroid dienone is 1. The molecular weight excluding hydrogens is 330 g/mol. The van der Waals surface area contributed by atoms with E-state index in [4.69, 9.17) is 4.74 Å². The smallest absolute Gasteiger partial charge is 0.330 e. The minimum atomic E-state index is -1.13. The number of esters is 1. The molecule has 5 heteroatoms. The summed E-state index contributed by atoms with van der Waals surface area (Å²) in [5, 5.41) is 0. The topological polar surface area (TPSA) is 29.5 Å². The third-order valence-corrected chi connectivity index (χ3v) is 10.3. The van der Waals surface area contributed by atoms with E-state index in [0.717, 1.165) is 24.2 Å². The lowest BCUT2D eigenvalue weighted by atomic mass is 10.2. The highest BCUT2D eigenvalue weighted by Gasteiger charge is 2.44. The average molecular weight is 370 g/mol. The first kappa shape index (κ1) is 21.6. The van der Waals surface area contributed by atoms with Crippen LogP contribution in [0, 0.1) is 0 Å². The van der Waals surface area contributed by atoms with Gasteiger partial charge in [-0.1, -0.05) is 45.4 Å². The van der Waals surface area contributed by atoms with Crippen LogP contribution < -0.4 is 0 Å². The SMILES string of the molecule is CCOC(=O)/C=C/CCCCN1C([Si](C)(C)C)CCC1[Si](C)(C)C. The van der Waals surface area contributed by atoms with Crippen molar-refractivity contribution in [2.75, 3.05) is 13.2 Å². The molecule has 1 saturated heterocycles. The fourth-order valence-electron chi connectivity index (χ4n) is 3.96. The molecule has 0 radical (unpaired) electrons. The highest BCUT2D eigenvalue weighted by molar-refractivity contribution is 6.79. The molecule has 3 nitrogen and oxygen atoms in total. The number of rotatable bonds is 9. The van der Waals surface area contributed by atoms with E-state index in [-0.39, 0.29) is 5.97 Å². The second-order valence-corrected chi connectivity index (χ2v) is 20.0. The van der Waals surface area contributed by atoms with Crippen LogP contribution in [0.15, 0.2) is 12.2 Å². The van der Waals surface area contributed by atoms with Crippen LogP contribution in [0.3, 0.4) is 0 Å². The first-order valence-corrected chi connectivity index (χ1v) is 16.8. The summed E-state index contributed by atoms with van der Waals surface area (Å²) in [5.74, 6) is -0.213. The van der Waals surface area contributed by atoms with E-state index in [1.807, 2.05) is 13.0 Å². The summed E-state index contributed by atoms with van der Waals surface area (Å²) < 4.78 is 4.91. The Morgan fingerprint density at radius 1 is 1.04 bits per heavy atom. The molecule has 1 fully saturated rings. The molecule has 24 heavy (non-hydrogen) atoms. The summed E-state index contributed by atoms with van der Waals surface area (Å²) in [6.45, 7) is 18.7. The number of likely N-dealkylation sites (tertiary alicyclic amines) is 1. The minimum Gasteiger partial charge on any atom is -0.463 e. The summed E-state index contributed by atoms with van der Waals surface area (Å²) in [6.07, 6.45) is 9.73. The number of carbonyl (C=O) groups is 1. The second kappa shape index (κ2) is 9.34. The van der Waals surface area contributed by atoms with Crippen molar-refractivity contribution >= 4 is 22.1 Å². The van der Waals surface area contributed by atoms with Gasteiger partial charge in [-0.25, -0.2) is 4.79 Å². The van der Waals surface area contributed by atoms with Crippen molar-refractivity contribution in [3.8, 4) is 0 Å². The Kier molecular flexibility index (Phi) is 8.43. The van der Waals surface area contributed by atoms with Gasteiger partial charge < -0.3 is 9.64 Å². The van der Waals surface area contributed by atoms with Gasteiger partial charge in [-0.2, -0.15) is 0 Å². The van der Waals surface area contributed by atoms with Gasteiger partial charge in [-0.05, 0) is 45.6 Å². The van der Waals surface area contributed by atoms with Gasteiger partial charge in [-0.15, -0.1) is 0 Å². The molecule has 0 aromatic rings. The highest BCUT2D eigenvalue weighted by atomic mass is 28.3. The molecule has 1 aliphatic heterocycles. The molecule has 140 valence electrons. The van der Waals surface area contributed by atoms with E-state index in [2.05, 4.69) is 44.2 Å². The Balaban J connectivity index is 2.50. The zero-order chi connectivity index (χ0) is 18.4. The van der Waals surface area contributed by atoms with Gasteiger partial charge in [0, 0.05) is 17.4 Å². The molecule has 0 amide bonds.